The maximum Gasteiger partial charge on any atom is 0.416 e. The van der Waals surface area contributed by atoms with Crippen LogP contribution in [0.1, 0.15) is 42.1 Å². The standard InChI is InChI=1S/C28H31F3N2O3S/c1-27(2,34)25-16-20(12-13-24(25)28(29,30)31)18-33-15-14-32(19-26(33)21-8-5-4-6-9-21)22-10-7-11-23(17-22)37(3,35)36/h4-13,16-17,26,34H,14-15,18-19H2,1-3H3. The normalized spacial score (nSPS) is 17.7. The van der Waals surface area contributed by atoms with Crippen LogP contribution in [0, 0.1) is 0 Å². The molecule has 1 fully saturated rings. The van der Waals surface area contributed by atoms with Gasteiger partial charge in [-0.25, -0.2) is 8.42 Å². The van der Waals surface area contributed by atoms with Gasteiger partial charge in [0.05, 0.1) is 22.1 Å². The maximum absolute atomic E-state index is 13.6. The summed E-state index contributed by atoms with van der Waals surface area (Å²) < 4.78 is 64.9. The monoisotopic (exact) mass is 532 g/mol. The summed E-state index contributed by atoms with van der Waals surface area (Å²) in [6.07, 6.45) is -3.38. The summed E-state index contributed by atoms with van der Waals surface area (Å²) in [5.41, 5.74) is -0.0887. The van der Waals surface area contributed by atoms with E-state index in [2.05, 4.69) is 9.80 Å². The number of rotatable bonds is 6. The molecule has 1 N–H and O–H groups in total. The second-order valence-electron chi connectivity index (χ2n) is 10.0. The van der Waals surface area contributed by atoms with Crippen LogP contribution in [0.3, 0.4) is 0 Å². The molecule has 3 aromatic carbocycles. The highest BCUT2D eigenvalue weighted by atomic mass is 32.2. The van der Waals surface area contributed by atoms with Gasteiger partial charge in [0.25, 0.3) is 0 Å². The van der Waals surface area contributed by atoms with Gasteiger partial charge in [-0.05, 0) is 54.8 Å². The Bertz CT molecular complexity index is 1350. The summed E-state index contributed by atoms with van der Waals surface area (Å²) in [7, 11) is -3.35. The molecule has 3 aromatic rings. The van der Waals surface area contributed by atoms with E-state index in [9.17, 15) is 26.7 Å². The molecule has 0 spiro atoms. The Labute approximate surface area is 216 Å². The molecule has 4 rings (SSSR count). The summed E-state index contributed by atoms with van der Waals surface area (Å²) in [5, 5.41) is 10.5. The summed E-state index contributed by atoms with van der Waals surface area (Å²) >= 11 is 0. The molecule has 0 saturated carbocycles. The third-order valence-corrected chi connectivity index (χ3v) is 7.83. The summed E-state index contributed by atoms with van der Waals surface area (Å²) in [4.78, 5) is 4.61. The van der Waals surface area contributed by atoms with Gasteiger partial charge < -0.3 is 10.0 Å². The van der Waals surface area contributed by atoms with Gasteiger partial charge in [0.15, 0.2) is 9.84 Å². The third kappa shape index (κ3) is 6.34. The molecule has 9 heteroatoms. The van der Waals surface area contributed by atoms with E-state index in [0.717, 1.165) is 17.3 Å². The average Bonchev–Trinajstić information content (AvgIpc) is 2.83. The zero-order valence-electron chi connectivity index (χ0n) is 21.0. The summed E-state index contributed by atoms with van der Waals surface area (Å²) in [6, 6.07) is 20.6. The van der Waals surface area contributed by atoms with E-state index in [1.54, 1.807) is 18.2 Å². The highest BCUT2D eigenvalue weighted by Gasteiger charge is 2.37. The zero-order chi connectivity index (χ0) is 27.0. The van der Waals surface area contributed by atoms with Crippen molar-refractivity contribution in [2.24, 2.45) is 0 Å². The van der Waals surface area contributed by atoms with Crippen molar-refractivity contribution in [3.05, 3.63) is 95.1 Å². The Balaban J connectivity index is 1.65. The van der Waals surface area contributed by atoms with Crippen molar-refractivity contribution < 1.29 is 26.7 Å². The van der Waals surface area contributed by atoms with Gasteiger partial charge in [0.2, 0.25) is 0 Å². The lowest BCUT2D eigenvalue weighted by Crippen LogP contribution is -2.48. The Morgan fingerprint density at radius 2 is 1.62 bits per heavy atom. The predicted molar refractivity (Wildman–Crippen MR) is 138 cm³/mol. The molecule has 5 nitrogen and oxygen atoms in total. The number of alkyl halides is 3. The van der Waals surface area contributed by atoms with Gasteiger partial charge in [-0.15, -0.1) is 0 Å². The molecule has 1 aliphatic rings. The summed E-state index contributed by atoms with van der Waals surface area (Å²) in [5.74, 6) is 0. The number of halogens is 3. The molecule has 1 unspecified atom stereocenters. The Kier molecular flexibility index (Phi) is 7.43. The number of benzene rings is 3. The van der Waals surface area contributed by atoms with E-state index in [1.807, 2.05) is 36.4 Å². The number of sulfone groups is 1. The number of hydrogen-bond donors (Lipinski definition) is 1. The average molecular weight is 533 g/mol. The van der Waals surface area contributed by atoms with E-state index in [1.165, 1.54) is 32.2 Å². The maximum atomic E-state index is 13.6. The molecule has 1 atom stereocenters. The minimum absolute atomic E-state index is 0.0790. The lowest BCUT2D eigenvalue weighted by molar-refractivity contribution is -0.140. The number of nitrogens with zero attached hydrogens (tertiary/aromatic N) is 2. The molecule has 1 saturated heterocycles. The molecule has 1 aliphatic heterocycles. The molecular formula is C28H31F3N2O3S. The number of piperazine rings is 1. The van der Waals surface area contributed by atoms with E-state index < -0.39 is 27.2 Å². The SMILES string of the molecule is CC(C)(O)c1cc(CN2CCN(c3cccc(S(C)(=O)=O)c3)CC2c2ccccc2)ccc1C(F)(F)F. The number of anilines is 1. The Hall–Kier alpha value is -2.88. The largest absolute Gasteiger partial charge is 0.416 e. The second kappa shape index (κ2) is 10.1. The lowest BCUT2D eigenvalue weighted by atomic mass is 9.90. The lowest BCUT2D eigenvalue weighted by Gasteiger charge is -2.43. The first-order valence-corrected chi connectivity index (χ1v) is 13.9. The van der Waals surface area contributed by atoms with E-state index in [4.69, 9.17) is 0 Å². The Morgan fingerprint density at radius 1 is 0.919 bits per heavy atom. The molecule has 37 heavy (non-hydrogen) atoms. The van der Waals surface area contributed by atoms with Crippen LogP contribution in [0.25, 0.3) is 0 Å². The quantitative estimate of drug-likeness (QED) is 0.461. The van der Waals surface area contributed by atoms with Gasteiger partial charge in [-0.2, -0.15) is 13.2 Å². The topological polar surface area (TPSA) is 60.9 Å². The molecule has 0 radical (unpaired) electrons. The minimum atomic E-state index is -4.56. The van der Waals surface area contributed by atoms with Crippen molar-refractivity contribution in [2.45, 2.75) is 43.1 Å². The smallest absolute Gasteiger partial charge is 0.386 e. The first-order valence-electron chi connectivity index (χ1n) is 12.0. The number of aliphatic hydroxyl groups is 1. The predicted octanol–water partition coefficient (Wildman–Crippen LogP) is 5.40. The minimum Gasteiger partial charge on any atom is -0.386 e. The van der Waals surface area contributed by atoms with Crippen LogP contribution in [0.2, 0.25) is 0 Å². The first kappa shape index (κ1) is 27.2. The molecule has 0 aromatic heterocycles. The van der Waals surface area contributed by atoms with Crippen LogP contribution in [-0.4, -0.2) is 44.3 Å². The fourth-order valence-electron chi connectivity index (χ4n) is 4.82. The molecular weight excluding hydrogens is 501 g/mol. The van der Waals surface area contributed by atoms with Gasteiger partial charge in [-0.1, -0.05) is 48.5 Å². The van der Waals surface area contributed by atoms with Crippen LogP contribution in [0.5, 0.6) is 0 Å². The van der Waals surface area contributed by atoms with E-state index in [0.29, 0.717) is 31.7 Å². The fraction of sp³-hybridized carbons (Fsp3) is 0.357. The highest BCUT2D eigenvalue weighted by molar-refractivity contribution is 7.90. The van der Waals surface area contributed by atoms with Crippen molar-refractivity contribution >= 4 is 15.5 Å². The second-order valence-corrected chi connectivity index (χ2v) is 12.1. The molecule has 0 aliphatic carbocycles. The molecule has 0 amide bonds. The van der Waals surface area contributed by atoms with E-state index >= 15 is 0 Å². The van der Waals surface area contributed by atoms with Crippen molar-refractivity contribution in [1.29, 1.82) is 0 Å². The fourth-order valence-corrected chi connectivity index (χ4v) is 5.48. The van der Waals surface area contributed by atoms with Crippen LogP contribution in [0.4, 0.5) is 18.9 Å². The van der Waals surface area contributed by atoms with Crippen molar-refractivity contribution in [3.8, 4) is 0 Å². The molecule has 0 bridgehead atoms. The van der Waals surface area contributed by atoms with E-state index in [-0.39, 0.29) is 16.5 Å². The van der Waals surface area contributed by atoms with Gasteiger partial charge in [0, 0.05) is 38.1 Å². The van der Waals surface area contributed by atoms with Crippen LogP contribution >= 0.6 is 0 Å². The summed E-state index contributed by atoms with van der Waals surface area (Å²) in [6.45, 7) is 4.93. The van der Waals surface area contributed by atoms with Gasteiger partial charge in [0.1, 0.15) is 0 Å². The van der Waals surface area contributed by atoms with Crippen LogP contribution in [0.15, 0.2) is 77.7 Å². The van der Waals surface area contributed by atoms with Gasteiger partial charge >= 0.3 is 6.18 Å². The van der Waals surface area contributed by atoms with Crippen LogP contribution in [-0.2, 0) is 28.2 Å². The molecule has 198 valence electrons. The molecule has 1 heterocycles. The first-order chi connectivity index (χ1) is 17.2. The highest BCUT2D eigenvalue weighted by Crippen LogP contribution is 2.38. The zero-order valence-corrected chi connectivity index (χ0v) is 21.9. The van der Waals surface area contributed by atoms with Crippen LogP contribution < -0.4 is 4.90 Å². The van der Waals surface area contributed by atoms with Crippen molar-refractivity contribution in [1.82, 2.24) is 4.90 Å². The Morgan fingerprint density at radius 3 is 2.24 bits per heavy atom. The van der Waals surface area contributed by atoms with Gasteiger partial charge in [-0.3, -0.25) is 4.90 Å². The van der Waals surface area contributed by atoms with Crippen molar-refractivity contribution in [2.75, 3.05) is 30.8 Å². The van der Waals surface area contributed by atoms with Crippen molar-refractivity contribution in [3.63, 3.8) is 0 Å². The number of hydrogen-bond acceptors (Lipinski definition) is 5. The third-order valence-electron chi connectivity index (χ3n) is 6.72.